The molecule has 1 saturated heterocycles. The third kappa shape index (κ3) is 5.84. The van der Waals surface area contributed by atoms with E-state index in [9.17, 15) is 19.5 Å². The number of thioether (sulfide) groups is 2. The van der Waals surface area contributed by atoms with Gasteiger partial charge >= 0.3 is 5.97 Å². The maximum Gasteiger partial charge on any atom is 0.353 e. The first kappa shape index (κ1) is 26.4. The summed E-state index contributed by atoms with van der Waals surface area (Å²) in [6, 6.07) is 2.81. The molecule has 2 aromatic rings. The van der Waals surface area contributed by atoms with E-state index in [4.69, 9.17) is 10.6 Å². The van der Waals surface area contributed by atoms with Gasteiger partial charge in [-0.1, -0.05) is 35.6 Å². The van der Waals surface area contributed by atoms with Crippen LogP contribution in [0.3, 0.4) is 0 Å². The standard InChI is InChI=1S/C22H21N7O5S3/c1-3-7-34-27-14(17-26-22(23)37-28-17)18(30)25-15-19(31)29-16(21(32)33)13(10-36-20(15)29)35-8-6-12-5-4-11(2)24-9-12/h3-6,8-9,15,20H,1,7,10H2,2H3,(H,25,30)(H,32,33)(H2,23,26,28)/t15?,20-/m0/s1. The van der Waals surface area contributed by atoms with Crippen LogP contribution in [0.4, 0.5) is 5.13 Å². The molecule has 12 nitrogen and oxygen atoms in total. The number of oxime groups is 1. The van der Waals surface area contributed by atoms with Gasteiger partial charge in [-0.2, -0.15) is 9.36 Å². The van der Waals surface area contributed by atoms with Crippen LogP contribution < -0.4 is 11.1 Å². The molecule has 2 aliphatic rings. The fourth-order valence-corrected chi connectivity index (χ4v) is 6.12. The zero-order valence-corrected chi connectivity index (χ0v) is 21.8. The first-order valence-corrected chi connectivity index (χ1v) is 13.4. The summed E-state index contributed by atoms with van der Waals surface area (Å²) in [5, 5.41) is 17.5. The van der Waals surface area contributed by atoms with E-state index in [-0.39, 0.29) is 29.0 Å². The molecule has 4 heterocycles. The molecule has 0 bridgehead atoms. The predicted octanol–water partition coefficient (Wildman–Crippen LogP) is 1.83. The minimum absolute atomic E-state index is 0.0348. The molecule has 0 saturated carbocycles. The average molecular weight is 560 g/mol. The highest BCUT2D eigenvalue weighted by molar-refractivity contribution is 8.08. The predicted molar refractivity (Wildman–Crippen MR) is 142 cm³/mol. The molecule has 15 heteroatoms. The lowest BCUT2D eigenvalue weighted by Crippen LogP contribution is -2.71. The molecule has 1 fully saturated rings. The third-order valence-electron chi connectivity index (χ3n) is 5.04. The minimum Gasteiger partial charge on any atom is -0.477 e. The number of carbonyl (C=O) groups excluding carboxylic acids is 2. The Bertz CT molecular complexity index is 1320. The Kier molecular flexibility index (Phi) is 8.25. The Morgan fingerprint density at radius 3 is 2.92 bits per heavy atom. The van der Waals surface area contributed by atoms with Crippen molar-refractivity contribution in [3.05, 3.63) is 64.1 Å². The number of hydrogen-bond acceptors (Lipinski definition) is 12. The number of pyridine rings is 1. The van der Waals surface area contributed by atoms with Crippen LogP contribution in [-0.2, 0) is 19.2 Å². The van der Waals surface area contributed by atoms with Crippen LogP contribution >= 0.6 is 35.1 Å². The van der Waals surface area contributed by atoms with E-state index < -0.39 is 29.2 Å². The van der Waals surface area contributed by atoms with Crippen molar-refractivity contribution in [2.24, 2.45) is 5.16 Å². The number of nitrogens with one attached hydrogen (secondary N) is 1. The first-order chi connectivity index (χ1) is 17.8. The Morgan fingerprint density at radius 2 is 2.27 bits per heavy atom. The highest BCUT2D eigenvalue weighted by atomic mass is 32.2. The highest BCUT2D eigenvalue weighted by Crippen LogP contribution is 2.43. The maximum absolute atomic E-state index is 13.0. The molecule has 37 heavy (non-hydrogen) atoms. The molecule has 1 unspecified atom stereocenters. The van der Waals surface area contributed by atoms with E-state index in [0.717, 1.165) is 22.8 Å². The van der Waals surface area contributed by atoms with E-state index in [1.807, 2.05) is 25.1 Å². The summed E-state index contributed by atoms with van der Waals surface area (Å²) < 4.78 is 3.98. The Morgan fingerprint density at radius 1 is 1.46 bits per heavy atom. The maximum atomic E-state index is 13.0. The molecule has 0 radical (unpaired) electrons. The second kappa shape index (κ2) is 11.6. The Balaban J connectivity index is 1.48. The van der Waals surface area contributed by atoms with Crippen molar-refractivity contribution in [1.29, 1.82) is 0 Å². The van der Waals surface area contributed by atoms with Crippen LogP contribution in [-0.4, -0.2) is 71.6 Å². The topological polar surface area (TPSA) is 173 Å². The molecular formula is C22H21N7O5S3. The summed E-state index contributed by atoms with van der Waals surface area (Å²) in [5.41, 5.74) is 7.01. The van der Waals surface area contributed by atoms with E-state index in [1.54, 1.807) is 11.6 Å². The number of nitrogen functional groups attached to an aromatic ring is 1. The van der Waals surface area contributed by atoms with E-state index in [2.05, 4.69) is 31.4 Å². The van der Waals surface area contributed by atoms with Gasteiger partial charge in [-0.25, -0.2) is 4.79 Å². The number of β-lactam (4-membered cyclic amide) rings is 1. The first-order valence-electron chi connectivity index (χ1n) is 10.7. The second-order valence-electron chi connectivity index (χ2n) is 7.57. The summed E-state index contributed by atoms with van der Waals surface area (Å²) in [4.78, 5) is 52.9. The van der Waals surface area contributed by atoms with Crippen LogP contribution in [0, 0.1) is 6.92 Å². The second-order valence-corrected chi connectivity index (χ2v) is 10.5. The smallest absolute Gasteiger partial charge is 0.353 e. The van der Waals surface area contributed by atoms with Gasteiger partial charge < -0.3 is 21.0 Å². The fraction of sp³-hybridized carbons (Fsp3) is 0.227. The summed E-state index contributed by atoms with van der Waals surface area (Å²) in [7, 11) is 0. The summed E-state index contributed by atoms with van der Waals surface area (Å²) in [6.07, 6.45) is 4.97. The Hall–Kier alpha value is -3.69. The Labute approximate surface area is 223 Å². The van der Waals surface area contributed by atoms with Gasteiger partial charge in [0.2, 0.25) is 11.5 Å². The van der Waals surface area contributed by atoms with E-state index >= 15 is 0 Å². The molecule has 0 spiro atoms. The lowest BCUT2D eigenvalue weighted by Gasteiger charge is -2.49. The molecule has 2 atom stereocenters. The SMILES string of the molecule is C=CCON=C(C(=O)NC1C(=O)N2C(C(=O)O)=C(SC=Cc3ccc(C)nc3)CS[C@@H]12)c1nsc(N)n1. The minimum atomic E-state index is -1.22. The average Bonchev–Trinajstić information content (AvgIpc) is 3.31. The number of carbonyl (C=O) groups is 3. The summed E-state index contributed by atoms with van der Waals surface area (Å²) >= 11 is 3.44. The van der Waals surface area contributed by atoms with Crippen LogP contribution in [0.15, 0.2) is 52.2 Å². The molecule has 0 aromatic carbocycles. The lowest BCUT2D eigenvalue weighted by atomic mass is 10.0. The summed E-state index contributed by atoms with van der Waals surface area (Å²) in [6.45, 7) is 5.43. The van der Waals surface area contributed by atoms with Crippen molar-refractivity contribution >= 4 is 69.8 Å². The molecule has 2 aromatic heterocycles. The number of rotatable bonds is 10. The van der Waals surface area contributed by atoms with Crippen molar-refractivity contribution in [1.82, 2.24) is 24.6 Å². The molecule has 4 rings (SSSR count). The van der Waals surface area contributed by atoms with Gasteiger partial charge in [0.25, 0.3) is 11.8 Å². The number of amides is 2. The molecule has 2 aliphatic heterocycles. The zero-order chi connectivity index (χ0) is 26.5. The zero-order valence-electron chi connectivity index (χ0n) is 19.4. The number of aromatic nitrogens is 3. The number of carboxylic acids is 1. The number of nitrogens with two attached hydrogens (primary N) is 1. The van der Waals surface area contributed by atoms with Crippen LogP contribution in [0.25, 0.3) is 6.08 Å². The van der Waals surface area contributed by atoms with Crippen LogP contribution in [0.1, 0.15) is 17.1 Å². The van der Waals surface area contributed by atoms with Crippen molar-refractivity contribution in [2.45, 2.75) is 18.3 Å². The van der Waals surface area contributed by atoms with Crippen molar-refractivity contribution in [3.63, 3.8) is 0 Å². The lowest BCUT2D eigenvalue weighted by molar-refractivity contribution is -0.150. The highest BCUT2D eigenvalue weighted by Gasteiger charge is 2.54. The van der Waals surface area contributed by atoms with Gasteiger partial charge in [-0.05, 0) is 30.0 Å². The number of nitrogens with zero attached hydrogens (tertiary/aromatic N) is 5. The van der Waals surface area contributed by atoms with Crippen molar-refractivity contribution in [2.75, 3.05) is 18.1 Å². The largest absolute Gasteiger partial charge is 0.477 e. The van der Waals surface area contributed by atoms with Gasteiger partial charge in [0.05, 0.1) is 0 Å². The number of anilines is 1. The normalized spacial score (nSPS) is 19.4. The van der Waals surface area contributed by atoms with E-state index in [0.29, 0.717) is 10.7 Å². The van der Waals surface area contributed by atoms with Gasteiger partial charge in [0.15, 0.2) is 5.13 Å². The number of fused-ring (bicyclic) bond motifs is 1. The van der Waals surface area contributed by atoms with Crippen molar-refractivity contribution in [3.8, 4) is 0 Å². The van der Waals surface area contributed by atoms with Crippen LogP contribution in [0.5, 0.6) is 0 Å². The van der Waals surface area contributed by atoms with Gasteiger partial charge in [0.1, 0.15) is 23.7 Å². The van der Waals surface area contributed by atoms with Gasteiger partial charge in [-0.15, -0.1) is 11.8 Å². The quantitative estimate of drug-likeness (QED) is 0.127. The number of aliphatic carboxylic acids is 1. The molecule has 0 aliphatic carbocycles. The molecule has 192 valence electrons. The molecule has 4 N–H and O–H groups in total. The molecule has 2 amide bonds. The number of carboxylic acid groups (broad SMARTS) is 1. The van der Waals surface area contributed by atoms with Gasteiger partial charge in [0, 0.05) is 34.1 Å². The van der Waals surface area contributed by atoms with Gasteiger partial charge in [-0.3, -0.25) is 19.5 Å². The van der Waals surface area contributed by atoms with Crippen LogP contribution in [0.2, 0.25) is 0 Å². The van der Waals surface area contributed by atoms with E-state index in [1.165, 1.54) is 34.5 Å². The fourth-order valence-electron chi connectivity index (χ4n) is 3.33. The third-order valence-corrected chi connectivity index (χ3v) is 7.94. The summed E-state index contributed by atoms with van der Waals surface area (Å²) in [5.74, 6) is -2.24. The van der Waals surface area contributed by atoms with Crippen molar-refractivity contribution < 1.29 is 24.3 Å². The number of aryl methyl sites for hydroxylation is 1. The monoisotopic (exact) mass is 559 g/mol. The number of hydrogen-bond donors (Lipinski definition) is 3. The molecular weight excluding hydrogens is 538 g/mol.